The summed E-state index contributed by atoms with van der Waals surface area (Å²) in [5.41, 5.74) is 1.04. The number of carbonyl (C=O) groups is 1. The zero-order valence-electron chi connectivity index (χ0n) is 15.9. The van der Waals surface area contributed by atoms with Gasteiger partial charge in [-0.05, 0) is 38.7 Å². The summed E-state index contributed by atoms with van der Waals surface area (Å²) >= 11 is 0. The number of ether oxygens (including phenoxy) is 4. The first-order valence-corrected chi connectivity index (χ1v) is 9.48. The van der Waals surface area contributed by atoms with Gasteiger partial charge in [0.15, 0.2) is 24.0 Å². The van der Waals surface area contributed by atoms with Crippen LogP contribution in [0.4, 0.5) is 0 Å². The van der Waals surface area contributed by atoms with Crippen LogP contribution in [0.15, 0.2) is 36.4 Å². The van der Waals surface area contributed by atoms with Crippen LogP contribution in [0.2, 0.25) is 0 Å². The lowest BCUT2D eigenvalue weighted by Crippen LogP contribution is -2.31. The zero-order chi connectivity index (χ0) is 19.3. The second-order valence-corrected chi connectivity index (χ2v) is 7.26. The fourth-order valence-electron chi connectivity index (χ4n) is 3.38. The Hall–Kier alpha value is -1.57. The van der Waals surface area contributed by atoms with Gasteiger partial charge in [0.25, 0.3) is 0 Å². The maximum atomic E-state index is 13.0. The first-order chi connectivity index (χ1) is 13.0. The molecule has 6 nitrogen and oxygen atoms in total. The molecule has 2 saturated heterocycles. The Labute approximate surface area is 160 Å². The van der Waals surface area contributed by atoms with Crippen molar-refractivity contribution >= 4 is 5.78 Å². The normalized spacial score (nSPS) is 27.9. The van der Waals surface area contributed by atoms with E-state index in [0.29, 0.717) is 17.7 Å². The van der Waals surface area contributed by atoms with Crippen molar-refractivity contribution in [2.75, 3.05) is 13.2 Å². The smallest absolute Gasteiger partial charge is 0.195 e. The summed E-state index contributed by atoms with van der Waals surface area (Å²) < 4.78 is 23.0. The molecular formula is C21H28O6. The maximum Gasteiger partial charge on any atom is 0.195 e. The van der Waals surface area contributed by atoms with Gasteiger partial charge in [-0.2, -0.15) is 0 Å². The van der Waals surface area contributed by atoms with Gasteiger partial charge in [0.2, 0.25) is 0 Å². The predicted molar refractivity (Wildman–Crippen MR) is 99.2 cm³/mol. The van der Waals surface area contributed by atoms with Gasteiger partial charge in [0, 0.05) is 12.2 Å². The highest BCUT2D eigenvalue weighted by Crippen LogP contribution is 2.31. The largest absolute Gasteiger partial charge is 0.392 e. The summed E-state index contributed by atoms with van der Waals surface area (Å²) in [6.45, 7) is 4.49. The van der Waals surface area contributed by atoms with E-state index >= 15 is 0 Å². The van der Waals surface area contributed by atoms with E-state index < -0.39 is 18.0 Å². The summed E-state index contributed by atoms with van der Waals surface area (Å²) in [4.78, 5) is 13.0. The van der Waals surface area contributed by atoms with Gasteiger partial charge in [-0.1, -0.05) is 36.4 Å². The number of aliphatic hydroxyl groups is 1. The van der Waals surface area contributed by atoms with Crippen LogP contribution in [0.1, 0.15) is 49.0 Å². The number of ketones is 1. The standard InChI is InChI=1S/C21H28O6/c1-21(2)26-17(10-7-13-25-18-11-5-6-12-24-18)20(27-21)19(23)16-9-4-3-8-15(16)14-22/h3-4,7-10,17-18,20,22H,5-6,11-14H2,1-2H3/b10-7+/t17-,18?,20-/m1/s1. The molecule has 3 rings (SSSR count). The van der Waals surface area contributed by atoms with Crippen LogP contribution in [0, 0.1) is 0 Å². The average Bonchev–Trinajstić information content (AvgIpc) is 3.00. The van der Waals surface area contributed by atoms with E-state index in [0.717, 1.165) is 25.9 Å². The van der Waals surface area contributed by atoms with Gasteiger partial charge in [0.05, 0.1) is 13.2 Å². The molecule has 0 saturated carbocycles. The average molecular weight is 376 g/mol. The van der Waals surface area contributed by atoms with Gasteiger partial charge >= 0.3 is 0 Å². The first-order valence-electron chi connectivity index (χ1n) is 9.48. The molecule has 1 aromatic carbocycles. The molecule has 2 fully saturated rings. The molecule has 2 aliphatic rings. The van der Waals surface area contributed by atoms with Crippen LogP contribution in [-0.2, 0) is 25.6 Å². The number of benzene rings is 1. The van der Waals surface area contributed by atoms with Gasteiger partial charge in [-0.15, -0.1) is 0 Å². The van der Waals surface area contributed by atoms with Crippen molar-refractivity contribution in [1.29, 1.82) is 0 Å². The Bertz CT molecular complexity index is 662. The summed E-state index contributed by atoms with van der Waals surface area (Å²) in [5.74, 6) is -1.06. The van der Waals surface area contributed by atoms with E-state index in [-0.39, 0.29) is 18.7 Å². The lowest BCUT2D eigenvalue weighted by Gasteiger charge is -2.22. The Morgan fingerprint density at radius 1 is 1.30 bits per heavy atom. The molecule has 1 unspecified atom stereocenters. The highest BCUT2D eigenvalue weighted by molar-refractivity contribution is 6.01. The Balaban J connectivity index is 1.65. The highest BCUT2D eigenvalue weighted by Gasteiger charge is 2.44. The van der Waals surface area contributed by atoms with Gasteiger partial charge in [-0.3, -0.25) is 4.79 Å². The van der Waals surface area contributed by atoms with E-state index in [2.05, 4.69) is 0 Å². The molecule has 148 valence electrons. The summed E-state index contributed by atoms with van der Waals surface area (Å²) in [6.07, 6.45) is 5.30. The van der Waals surface area contributed by atoms with Gasteiger partial charge < -0.3 is 24.1 Å². The molecule has 2 aliphatic heterocycles. The minimum atomic E-state index is -0.864. The van der Waals surface area contributed by atoms with Gasteiger partial charge in [0.1, 0.15) is 6.10 Å². The van der Waals surface area contributed by atoms with Crippen LogP contribution < -0.4 is 0 Å². The topological polar surface area (TPSA) is 74.2 Å². The third kappa shape index (κ3) is 5.24. The lowest BCUT2D eigenvalue weighted by atomic mass is 9.97. The quantitative estimate of drug-likeness (QED) is 0.583. The van der Waals surface area contributed by atoms with Crippen LogP contribution >= 0.6 is 0 Å². The predicted octanol–water partition coefficient (Wildman–Crippen LogP) is 2.98. The third-order valence-corrected chi connectivity index (χ3v) is 4.68. The van der Waals surface area contributed by atoms with Crippen molar-refractivity contribution in [3.05, 3.63) is 47.5 Å². The van der Waals surface area contributed by atoms with Crippen molar-refractivity contribution in [3.63, 3.8) is 0 Å². The molecule has 1 aromatic rings. The van der Waals surface area contributed by atoms with Crippen molar-refractivity contribution in [1.82, 2.24) is 0 Å². The van der Waals surface area contributed by atoms with E-state index in [1.807, 2.05) is 12.2 Å². The van der Waals surface area contributed by atoms with E-state index in [1.165, 1.54) is 0 Å². The molecule has 0 aliphatic carbocycles. The molecule has 0 radical (unpaired) electrons. The Morgan fingerprint density at radius 3 is 2.85 bits per heavy atom. The summed E-state index contributed by atoms with van der Waals surface area (Å²) in [6, 6.07) is 7.00. The van der Waals surface area contributed by atoms with Crippen LogP contribution in [-0.4, -0.2) is 48.4 Å². The number of hydrogen-bond donors (Lipinski definition) is 1. The molecule has 0 bridgehead atoms. The summed E-state index contributed by atoms with van der Waals surface area (Å²) in [7, 11) is 0. The fourth-order valence-corrected chi connectivity index (χ4v) is 3.38. The minimum absolute atomic E-state index is 0.158. The van der Waals surface area contributed by atoms with Crippen molar-refractivity contribution in [3.8, 4) is 0 Å². The number of hydrogen-bond acceptors (Lipinski definition) is 6. The van der Waals surface area contributed by atoms with Crippen LogP contribution in [0.3, 0.4) is 0 Å². The van der Waals surface area contributed by atoms with Crippen molar-refractivity contribution in [2.45, 2.75) is 64.0 Å². The fraction of sp³-hybridized carbons (Fsp3) is 0.571. The van der Waals surface area contributed by atoms with E-state index in [1.54, 1.807) is 38.1 Å². The number of aliphatic hydroxyl groups excluding tert-OH is 1. The Kier molecular flexibility index (Phi) is 6.78. The first kappa shape index (κ1) is 20.2. The minimum Gasteiger partial charge on any atom is -0.392 e. The van der Waals surface area contributed by atoms with Gasteiger partial charge in [-0.25, -0.2) is 0 Å². The second kappa shape index (κ2) is 9.08. The highest BCUT2D eigenvalue weighted by atomic mass is 16.8. The van der Waals surface area contributed by atoms with E-state index in [4.69, 9.17) is 18.9 Å². The molecule has 1 N–H and O–H groups in total. The molecule has 6 heteroatoms. The molecule has 27 heavy (non-hydrogen) atoms. The number of rotatable bonds is 7. The van der Waals surface area contributed by atoms with Crippen molar-refractivity contribution in [2.24, 2.45) is 0 Å². The van der Waals surface area contributed by atoms with Crippen molar-refractivity contribution < 1.29 is 28.8 Å². The molecule has 0 spiro atoms. The summed E-state index contributed by atoms with van der Waals surface area (Å²) in [5, 5.41) is 9.51. The monoisotopic (exact) mass is 376 g/mol. The zero-order valence-corrected chi connectivity index (χ0v) is 15.9. The SMILES string of the molecule is CC1(C)O[C@H](/C=C/COC2CCCCO2)[C@H](C(=O)c2ccccc2CO)O1. The third-order valence-electron chi connectivity index (χ3n) is 4.68. The van der Waals surface area contributed by atoms with Crippen LogP contribution in [0.25, 0.3) is 0 Å². The molecular weight excluding hydrogens is 348 g/mol. The maximum absolute atomic E-state index is 13.0. The molecule has 2 heterocycles. The van der Waals surface area contributed by atoms with E-state index in [9.17, 15) is 9.90 Å². The number of carbonyl (C=O) groups excluding carboxylic acids is 1. The molecule has 0 aromatic heterocycles. The van der Waals surface area contributed by atoms with Crippen LogP contribution in [0.5, 0.6) is 0 Å². The second-order valence-electron chi connectivity index (χ2n) is 7.26. The molecule has 3 atom stereocenters. The Morgan fingerprint density at radius 2 is 2.11 bits per heavy atom. The lowest BCUT2D eigenvalue weighted by molar-refractivity contribution is -0.155. The number of Topliss-reactive ketones (excluding diaryl/α,β-unsaturated/α-hetero) is 1. The molecule has 0 amide bonds.